The molecule has 0 aromatic heterocycles. The molecule has 2 aromatic carbocycles. The summed E-state index contributed by atoms with van der Waals surface area (Å²) < 4.78 is 11.2. The number of carbonyl (C=O) groups excluding carboxylic acids is 2. The fourth-order valence-electron chi connectivity index (χ4n) is 4.22. The van der Waals surface area contributed by atoms with Crippen molar-refractivity contribution >= 4 is 17.4 Å². The van der Waals surface area contributed by atoms with Gasteiger partial charge in [0.25, 0.3) is 11.7 Å². The lowest BCUT2D eigenvalue weighted by Gasteiger charge is -2.26. The van der Waals surface area contributed by atoms with Gasteiger partial charge in [-0.15, -0.1) is 0 Å². The van der Waals surface area contributed by atoms with Gasteiger partial charge in [0.15, 0.2) is 0 Å². The molecular weight excluding hydrogens is 430 g/mol. The predicted molar refractivity (Wildman–Crippen MR) is 133 cm³/mol. The van der Waals surface area contributed by atoms with Gasteiger partial charge in [-0.1, -0.05) is 52.5 Å². The highest BCUT2D eigenvalue weighted by atomic mass is 16.5. The third kappa shape index (κ3) is 4.86. The number of likely N-dealkylation sites (tertiary alicyclic amines) is 1. The number of aliphatic hydroxyl groups excluding tert-OH is 1. The molecule has 0 aliphatic carbocycles. The molecule has 0 saturated carbocycles. The van der Waals surface area contributed by atoms with Gasteiger partial charge in [0.1, 0.15) is 23.9 Å². The fourth-order valence-corrected chi connectivity index (χ4v) is 4.22. The molecule has 1 amide bonds. The molecule has 1 saturated heterocycles. The average Bonchev–Trinajstić information content (AvgIpc) is 3.06. The summed E-state index contributed by atoms with van der Waals surface area (Å²) in [5.41, 5.74) is 1.86. The van der Waals surface area contributed by atoms with Crippen molar-refractivity contribution in [2.24, 2.45) is 0 Å². The summed E-state index contributed by atoms with van der Waals surface area (Å²) in [4.78, 5) is 27.7. The first-order chi connectivity index (χ1) is 16.1. The highest BCUT2D eigenvalue weighted by Gasteiger charge is 2.45. The molecular formula is C28H33NO5. The summed E-state index contributed by atoms with van der Waals surface area (Å²) in [6, 6.07) is 11.8. The van der Waals surface area contributed by atoms with Crippen LogP contribution in [0.5, 0.6) is 11.5 Å². The first kappa shape index (κ1) is 25.1. The Morgan fingerprint density at radius 3 is 2.53 bits per heavy atom. The van der Waals surface area contributed by atoms with E-state index in [2.05, 4.69) is 6.58 Å². The Bertz CT molecular complexity index is 1130. The minimum Gasteiger partial charge on any atom is -0.507 e. The Labute approximate surface area is 201 Å². The summed E-state index contributed by atoms with van der Waals surface area (Å²) in [7, 11) is 1.60. The molecule has 6 heteroatoms. The molecule has 1 aliphatic heterocycles. The van der Waals surface area contributed by atoms with Crippen LogP contribution in [0.2, 0.25) is 0 Å². The maximum atomic E-state index is 13.2. The summed E-state index contributed by atoms with van der Waals surface area (Å²) in [6.45, 7) is 12.5. The lowest BCUT2D eigenvalue weighted by molar-refractivity contribution is -0.139. The van der Waals surface area contributed by atoms with Gasteiger partial charge < -0.3 is 19.5 Å². The predicted octanol–water partition coefficient (Wildman–Crippen LogP) is 5.39. The molecule has 0 bridgehead atoms. The van der Waals surface area contributed by atoms with Gasteiger partial charge in [0, 0.05) is 17.7 Å². The van der Waals surface area contributed by atoms with Crippen LogP contribution in [0.1, 0.15) is 56.8 Å². The molecule has 1 heterocycles. The van der Waals surface area contributed by atoms with Gasteiger partial charge in [-0.3, -0.25) is 9.59 Å². The largest absolute Gasteiger partial charge is 0.507 e. The van der Waals surface area contributed by atoms with Crippen LogP contribution in [0.3, 0.4) is 0 Å². The van der Waals surface area contributed by atoms with Crippen LogP contribution < -0.4 is 9.47 Å². The molecule has 2 aromatic rings. The van der Waals surface area contributed by atoms with E-state index >= 15 is 0 Å². The van der Waals surface area contributed by atoms with Crippen molar-refractivity contribution in [1.82, 2.24) is 4.90 Å². The Kier molecular flexibility index (Phi) is 7.50. The Balaban J connectivity index is 2.20. The smallest absolute Gasteiger partial charge is 0.295 e. The Hall–Kier alpha value is -3.54. The lowest BCUT2D eigenvalue weighted by atomic mass is 9.84. The number of ketones is 1. The molecule has 1 fully saturated rings. The van der Waals surface area contributed by atoms with Crippen molar-refractivity contribution in [3.05, 3.63) is 77.4 Å². The monoisotopic (exact) mass is 463 g/mol. The van der Waals surface area contributed by atoms with E-state index in [1.165, 1.54) is 4.90 Å². The molecule has 6 nitrogen and oxygen atoms in total. The third-order valence-electron chi connectivity index (χ3n) is 5.83. The first-order valence-electron chi connectivity index (χ1n) is 11.4. The summed E-state index contributed by atoms with van der Waals surface area (Å²) >= 11 is 0. The zero-order valence-corrected chi connectivity index (χ0v) is 20.6. The van der Waals surface area contributed by atoms with E-state index in [-0.39, 0.29) is 16.7 Å². The zero-order valence-electron chi connectivity index (χ0n) is 20.6. The SMILES string of the molecule is C=CCOc1cccc(C2/C(=C(\O)c3ccc(OC)c(C(C)(C)C)c3)C(=O)C(=O)N2CCC)c1. The van der Waals surface area contributed by atoms with Crippen molar-refractivity contribution < 1.29 is 24.2 Å². The van der Waals surface area contributed by atoms with E-state index in [1.807, 2.05) is 45.9 Å². The molecule has 1 atom stereocenters. The van der Waals surface area contributed by atoms with Crippen LogP contribution in [0.4, 0.5) is 0 Å². The maximum absolute atomic E-state index is 13.2. The topological polar surface area (TPSA) is 76.1 Å². The highest BCUT2D eigenvalue weighted by Crippen LogP contribution is 2.41. The van der Waals surface area contributed by atoms with E-state index in [4.69, 9.17) is 9.47 Å². The normalized spacial score (nSPS) is 17.7. The standard InChI is InChI=1S/C28H33NO5/c1-7-14-29-24(18-10-9-11-20(16-18)34-15-8-2)23(26(31)27(29)32)25(30)19-12-13-22(33-6)21(17-19)28(3,4)5/h8-13,16-17,24,30H,2,7,14-15H2,1,3-6H3/b25-23+. The van der Waals surface area contributed by atoms with Gasteiger partial charge in [-0.25, -0.2) is 0 Å². The Morgan fingerprint density at radius 2 is 1.91 bits per heavy atom. The number of carbonyl (C=O) groups is 2. The molecule has 180 valence electrons. The molecule has 3 rings (SSSR count). The number of ether oxygens (including phenoxy) is 2. The number of hydrogen-bond acceptors (Lipinski definition) is 5. The number of amides is 1. The molecule has 0 radical (unpaired) electrons. The number of methoxy groups -OCH3 is 1. The molecule has 1 N–H and O–H groups in total. The summed E-state index contributed by atoms with van der Waals surface area (Å²) in [6.07, 6.45) is 2.32. The van der Waals surface area contributed by atoms with E-state index in [0.29, 0.717) is 42.2 Å². The molecule has 34 heavy (non-hydrogen) atoms. The van der Waals surface area contributed by atoms with Crippen LogP contribution in [0.15, 0.2) is 60.7 Å². The van der Waals surface area contributed by atoms with E-state index < -0.39 is 17.7 Å². The van der Waals surface area contributed by atoms with Gasteiger partial charge >= 0.3 is 0 Å². The molecule has 1 aliphatic rings. The van der Waals surface area contributed by atoms with Gasteiger partial charge in [-0.2, -0.15) is 0 Å². The van der Waals surface area contributed by atoms with Crippen molar-refractivity contribution in [2.75, 3.05) is 20.3 Å². The van der Waals surface area contributed by atoms with Gasteiger partial charge in [0.05, 0.1) is 18.7 Å². The maximum Gasteiger partial charge on any atom is 0.295 e. The van der Waals surface area contributed by atoms with Crippen molar-refractivity contribution in [3.8, 4) is 11.5 Å². The van der Waals surface area contributed by atoms with Crippen molar-refractivity contribution in [3.63, 3.8) is 0 Å². The lowest BCUT2D eigenvalue weighted by Crippen LogP contribution is -2.30. The van der Waals surface area contributed by atoms with Gasteiger partial charge in [0.2, 0.25) is 0 Å². The second kappa shape index (κ2) is 10.2. The van der Waals surface area contributed by atoms with Crippen LogP contribution in [0, 0.1) is 0 Å². The number of aliphatic hydroxyl groups is 1. The number of hydrogen-bond donors (Lipinski definition) is 1. The second-order valence-electron chi connectivity index (χ2n) is 9.33. The minimum absolute atomic E-state index is 0.0735. The van der Waals surface area contributed by atoms with Crippen LogP contribution in [0.25, 0.3) is 5.76 Å². The van der Waals surface area contributed by atoms with Crippen LogP contribution >= 0.6 is 0 Å². The first-order valence-corrected chi connectivity index (χ1v) is 11.4. The molecule has 1 unspecified atom stereocenters. The van der Waals surface area contributed by atoms with E-state index in [1.54, 1.807) is 37.5 Å². The van der Waals surface area contributed by atoms with Crippen LogP contribution in [-0.4, -0.2) is 42.0 Å². The summed E-state index contributed by atoms with van der Waals surface area (Å²) in [5, 5.41) is 11.4. The zero-order chi connectivity index (χ0) is 25.0. The number of rotatable bonds is 8. The fraction of sp³-hybridized carbons (Fsp3) is 0.357. The summed E-state index contributed by atoms with van der Waals surface area (Å²) in [5.74, 6) is -0.220. The second-order valence-corrected chi connectivity index (χ2v) is 9.33. The molecule has 0 spiro atoms. The van der Waals surface area contributed by atoms with E-state index in [0.717, 1.165) is 5.56 Å². The average molecular weight is 464 g/mol. The highest BCUT2D eigenvalue weighted by molar-refractivity contribution is 6.46. The number of nitrogens with zero attached hydrogens (tertiary/aromatic N) is 1. The van der Waals surface area contributed by atoms with E-state index in [9.17, 15) is 14.7 Å². The number of benzene rings is 2. The Morgan fingerprint density at radius 1 is 1.18 bits per heavy atom. The number of Topliss-reactive ketones (excluding diaryl/α,β-unsaturated/α-hetero) is 1. The third-order valence-corrected chi connectivity index (χ3v) is 5.83. The van der Waals surface area contributed by atoms with Crippen molar-refractivity contribution in [1.29, 1.82) is 0 Å². The quantitative estimate of drug-likeness (QED) is 0.246. The van der Waals surface area contributed by atoms with Gasteiger partial charge in [-0.05, 0) is 47.7 Å². The van der Waals surface area contributed by atoms with Crippen molar-refractivity contribution in [2.45, 2.75) is 45.6 Å². The van der Waals surface area contributed by atoms with Crippen LogP contribution in [-0.2, 0) is 15.0 Å². The minimum atomic E-state index is -0.715.